The highest BCUT2D eigenvalue weighted by Gasteiger charge is 1.99. The lowest BCUT2D eigenvalue weighted by molar-refractivity contribution is -0.145. The lowest BCUT2D eigenvalue weighted by Gasteiger charge is -2.07. The number of carbonyl (C=O) groups is 1. The largest absolute Gasteiger partial charge is 0.463 e. The lowest BCUT2D eigenvalue weighted by Crippen LogP contribution is -2.20. The van der Waals surface area contributed by atoms with Crippen molar-refractivity contribution in [2.24, 2.45) is 0 Å². The Morgan fingerprint density at radius 3 is 2.68 bits per heavy atom. The minimum atomic E-state index is -0.145. The van der Waals surface area contributed by atoms with Crippen LogP contribution in [0, 0.1) is 0 Å². The summed E-state index contributed by atoms with van der Waals surface area (Å²) >= 11 is 0. The summed E-state index contributed by atoms with van der Waals surface area (Å²) in [5.74, 6) is -0.145. The van der Waals surface area contributed by atoms with Gasteiger partial charge in [-0.05, 0) is 12.0 Å². The van der Waals surface area contributed by atoms with Gasteiger partial charge in [0.1, 0.15) is 6.61 Å². The summed E-state index contributed by atoms with van der Waals surface area (Å²) in [4.78, 5) is 11.0. The Hall–Kier alpha value is -1.39. The molecule has 106 valence electrons. The van der Waals surface area contributed by atoms with E-state index in [-0.39, 0.29) is 5.97 Å². The molecule has 0 saturated heterocycles. The third-order valence-corrected chi connectivity index (χ3v) is 2.54. The molecule has 0 aliphatic heterocycles. The average molecular weight is 265 g/mol. The summed E-state index contributed by atoms with van der Waals surface area (Å²) < 4.78 is 10.3. The number of hydrogen-bond donors (Lipinski definition) is 1. The molecule has 0 spiro atoms. The molecule has 0 unspecified atom stereocenters. The molecule has 4 heteroatoms. The van der Waals surface area contributed by atoms with Crippen LogP contribution < -0.4 is 5.32 Å². The van der Waals surface area contributed by atoms with Gasteiger partial charge in [0, 0.05) is 19.5 Å². The van der Waals surface area contributed by atoms with Crippen molar-refractivity contribution in [2.75, 3.05) is 26.4 Å². The topological polar surface area (TPSA) is 47.6 Å². The minimum Gasteiger partial charge on any atom is -0.463 e. The van der Waals surface area contributed by atoms with Gasteiger partial charge in [-0.3, -0.25) is 4.79 Å². The van der Waals surface area contributed by atoms with Crippen LogP contribution in [0.2, 0.25) is 0 Å². The number of esters is 1. The Labute approximate surface area is 115 Å². The van der Waals surface area contributed by atoms with Crippen LogP contribution in [0.1, 0.15) is 25.3 Å². The summed E-state index contributed by atoms with van der Waals surface area (Å²) in [6, 6.07) is 10.2. The Morgan fingerprint density at radius 1 is 1.16 bits per heavy atom. The van der Waals surface area contributed by atoms with Gasteiger partial charge in [0.05, 0.1) is 13.2 Å². The van der Waals surface area contributed by atoms with E-state index in [0.717, 1.165) is 19.5 Å². The van der Waals surface area contributed by atoms with E-state index in [2.05, 4.69) is 17.4 Å². The van der Waals surface area contributed by atoms with Crippen molar-refractivity contribution in [3.05, 3.63) is 35.9 Å². The highest BCUT2D eigenvalue weighted by molar-refractivity contribution is 5.69. The summed E-state index contributed by atoms with van der Waals surface area (Å²) in [6.07, 6.45) is 1.31. The molecule has 4 nitrogen and oxygen atoms in total. The fourth-order valence-electron chi connectivity index (χ4n) is 1.57. The predicted molar refractivity (Wildman–Crippen MR) is 74.8 cm³/mol. The molecule has 0 aliphatic carbocycles. The van der Waals surface area contributed by atoms with Gasteiger partial charge in [-0.1, -0.05) is 37.3 Å². The molecule has 0 fully saturated rings. The van der Waals surface area contributed by atoms with Crippen molar-refractivity contribution in [2.45, 2.75) is 26.3 Å². The summed E-state index contributed by atoms with van der Waals surface area (Å²) in [5, 5.41) is 3.29. The van der Waals surface area contributed by atoms with Crippen LogP contribution in [0.5, 0.6) is 0 Å². The van der Waals surface area contributed by atoms with E-state index < -0.39 is 0 Å². The first-order valence-electron chi connectivity index (χ1n) is 6.81. The van der Waals surface area contributed by atoms with Crippen molar-refractivity contribution in [3.63, 3.8) is 0 Å². The molecule has 0 aliphatic rings. The van der Waals surface area contributed by atoms with Crippen LogP contribution >= 0.6 is 0 Å². The average Bonchev–Trinajstić information content (AvgIpc) is 2.43. The Bertz CT molecular complexity index is 341. The first-order valence-corrected chi connectivity index (χ1v) is 6.81. The smallest absolute Gasteiger partial charge is 0.305 e. The molecule has 1 N–H and O–H groups in total. The maximum Gasteiger partial charge on any atom is 0.305 e. The summed E-state index contributed by atoms with van der Waals surface area (Å²) in [5.41, 5.74) is 1.26. The van der Waals surface area contributed by atoms with E-state index in [9.17, 15) is 4.79 Å². The van der Waals surface area contributed by atoms with Crippen LogP contribution in [0.15, 0.2) is 30.3 Å². The van der Waals surface area contributed by atoms with Crippen molar-refractivity contribution < 1.29 is 14.3 Å². The first-order chi connectivity index (χ1) is 9.33. The van der Waals surface area contributed by atoms with E-state index in [0.29, 0.717) is 26.2 Å². The highest BCUT2D eigenvalue weighted by Crippen LogP contribution is 1.96. The zero-order chi connectivity index (χ0) is 13.8. The standard InChI is InChI=1S/C15H23NO3/c1-2-6-15(17)19-12-11-18-10-9-16-13-14-7-4-3-5-8-14/h3-5,7-8,16H,2,6,9-13H2,1H3. The maximum absolute atomic E-state index is 11.0. The Balaban J connectivity index is 1.88. The maximum atomic E-state index is 11.0. The van der Waals surface area contributed by atoms with Gasteiger partial charge < -0.3 is 14.8 Å². The van der Waals surface area contributed by atoms with Crippen molar-refractivity contribution >= 4 is 5.97 Å². The van der Waals surface area contributed by atoms with Crippen LogP contribution in [0.3, 0.4) is 0 Å². The molecule has 1 aromatic carbocycles. The third kappa shape index (κ3) is 8.35. The highest BCUT2D eigenvalue weighted by atomic mass is 16.6. The Morgan fingerprint density at radius 2 is 1.95 bits per heavy atom. The van der Waals surface area contributed by atoms with Crippen LogP contribution in [-0.4, -0.2) is 32.3 Å². The van der Waals surface area contributed by atoms with Crippen molar-refractivity contribution in [3.8, 4) is 0 Å². The van der Waals surface area contributed by atoms with Gasteiger partial charge in [0.15, 0.2) is 0 Å². The summed E-state index contributed by atoms with van der Waals surface area (Å²) in [6.45, 7) is 5.02. The molecular formula is C15H23NO3. The molecule has 0 aromatic heterocycles. The monoisotopic (exact) mass is 265 g/mol. The number of benzene rings is 1. The van der Waals surface area contributed by atoms with E-state index in [4.69, 9.17) is 9.47 Å². The van der Waals surface area contributed by atoms with Crippen LogP contribution in [0.25, 0.3) is 0 Å². The molecule has 0 atom stereocenters. The zero-order valence-electron chi connectivity index (χ0n) is 11.6. The van der Waals surface area contributed by atoms with E-state index in [1.165, 1.54) is 5.56 Å². The van der Waals surface area contributed by atoms with Gasteiger partial charge in [-0.2, -0.15) is 0 Å². The van der Waals surface area contributed by atoms with Gasteiger partial charge in [-0.25, -0.2) is 0 Å². The number of rotatable bonds is 10. The van der Waals surface area contributed by atoms with Gasteiger partial charge in [-0.15, -0.1) is 0 Å². The molecular weight excluding hydrogens is 242 g/mol. The third-order valence-electron chi connectivity index (χ3n) is 2.54. The molecule has 0 bridgehead atoms. The van der Waals surface area contributed by atoms with E-state index in [1.807, 2.05) is 25.1 Å². The first kappa shape index (κ1) is 15.7. The number of ether oxygens (including phenoxy) is 2. The number of nitrogens with one attached hydrogen (secondary N) is 1. The van der Waals surface area contributed by atoms with Crippen molar-refractivity contribution in [1.82, 2.24) is 5.32 Å². The summed E-state index contributed by atoms with van der Waals surface area (Å²) in [7, 11) is 0. The fourth-order valence-corrected chi connectivity index (χ4v) is 1.57. The van der Waals surface area contributed by atoms with Crippen molar-refractivity contribution in [1.29, 1.82) is 0 Å². The second kappa shape index (κ2) is 10.5. The van der Waals surface area contributed by atoms with Gasteiger partial charge >= 0.3 is 5.97 Å². The van der Waals surface area contributed by atoms with Gasteiger partial charge in [0.2, 0.25) is 0 Å². The molecule has 0 amide bonds. The molecule has 0 saturated carbocycles. The molecule has 1 aromatic rings. The SMILES string of the molecule is CCCC(=O)OCCOCCNCc1ccccc1. The molecule has 1 rings (SSSR count). The fraction of sp³-hybridized carbons (Fsp3) is 0.533. The molecule has 0 heterocycles. The Kier molecular flexibility index (Phi) is 8.68. The van der Waals surface area contributed by atoms with Gasteiger partial charge in [0.25, 0.3) is 0 Å². The normalized spacial score (nSPS) is 10.4. The van der Waals surface area contributed by atoms with Crippen LogP contribution in [0.4, 0.5) is 0 Å². The zero-order valence-corrected chi connectivity index (χ0v) is 11.6. The second-order valence-corrected chi connectivity index (χ2v) is 4.25. The quantitative estimate of drug-likeness (QED) is 0.520. The van der Waals surface area contributed by atoms with E-state index >= 15 is 0 Å². The lowest BCUT2D eigenvalue weighted by atomic mass is 10.2. The molecule has 0 radical (unpaired) electrons. The second-order valence-electron chi connectivity index (χ2n) is 4.25. The van der Waals surface area contributed by atoms with Crippen LogP contribution in [-0.2, 0) is 20.8 Å². The number of hydrogen-bond acceptors (Lipinski definition) is 4. The minimum absolute atomic E-state index is 0.145. The van der Waals surface area contributed by atoms with E-state index in [1.54, 1.807) is 0 Å². The molecule has 19 heavy (non-hydrogen) atoms. The predicted octanol–water partition coefficient (Wildman–Crippen LogP) is 2.14. The number of carbonyl (C=O) groups excluding carboxylic acids is 1.